The smallest absolute Gasteiger partial charge is 0.234 e. The first-order valence-electron chi connectivity index (χ1n) is 10.5. The Hall–Kier alpha value is -2.37. The average molecular weight is 428 g/mol. The number of nitrogens with one attached hydrogen (secondary N) is 2. The van der Waals surface area contributed by atoms with E-state index in [2.05, 4.69) is 15.5 Å². The SMILES string of the molecule is CC(C)NC(=O)C1CCN(CC(=O)NC(c2ccccc2)c2cccc(Cl)c2)CC1. The molecule has 1 unspecified atom stereocenters. The highest BCUT2D eigenvalue weighted by Crippen LogP contribution is 2.24. The van der Waals surface area contributed by atoms with Crippen molar-refractivity contribution in [1.29, 1.82) is 0 Å². The topological polar surface area (TPSA) is 61.4 Å². The molecule has 160 valence electrons. The van der Waals surface area contributed by atoms with Gasteiger partial charge in [-0.3, -0.25) is 14.5 Å². The molecule has 3 rings (SSSR count). The van der Waals surface area contributed by atoms with Crippen LogP contribution in [0, 0.1) is 5.92 Å². The summed E-state index contributed by atoms with van der Waals surface area (Å²) in [5.41, 5.74) is 1.96. The summed E-state index contributed by atoms with van der Waals surface area (Å²) in [5.74, 6) is 0.128. The van der Waals surface area contributed by atoms with Gasteiger partial charge in [-0.1, -0.05) is 54.1 Å². The highest BCUT2D eigenvalue weighted by molar-refractivity contribution is 6.30. The van der Waals surface area contributed by atoms with Gasteiger partial charge in [0.25, 0.3) is 0 Å². The largest absolute Gasteiger partial charge is 0.354 e. The van der Waals surface area contributed by atoms with Crippen molar-refractivity contribution in [2.45, 2.75) is 38.8 Å². The zero-order valence-electron chi connectivity index (χ0n) is 17.6. The first kappa shape index (κ1) is 22.3. The Morgan fingerprint density at radius 1 is 1.00 bits per heavy atom. The fraction of sp³-hybridized carbons (Fsp3) is 0.417. The predicted molar refractivity (Wildman–Crippen MR) is 120 cm³/mol. The van der Waals surface area contributed by atoms with Crippen molar-refractivity contribution in [2.75, 3.05) is 19.6 Å². The Morgan fingerprint density at radius 2 is 1.67 bits per heavy atom. The van der Waals surface area contributed by atoms with E-state index in [0.29, 0.717) is 11.6 Å². The standard InChI is InChI=1S/C24H30ClN3O2/c1-17(2)26-24(30)19-11-13-28(14-12-19)16-22(29)27-23(18-7-4-3-5-8-18)20-9-6-10-21(25)15-20/h3-10,15,17,19,23H,11-14,16H2,1-2H3,(H,26,30)(H,27,29). The van der Waals surface area contributed by atoms with Crippen LogP contribution < -0.4 is 10.6 Å². The molecule has 2 amide bonds. The Kier molecular flexibility index (Phi) is 7.88. The van der Waals surface area contributed by atoms with E-state index in [9.17, 15) is 9.59 Å². The zero-order chi connectivity index (χ0) is 21.5. The summed E-state index contributed by atoms with van der Waals surface area (Å²) >= 11 is 6.19. The third-order valence-corrected chi connectivity index (χ3v) is 5.61. The lowest BCUT2D eigenvalue weighted by molar-refractivity contribution is -0.127. The van der Waals surface area contributed by atoms with Gasteiger partial charge >= 0.3 is 0 Å². The van der Waals surface area contributed by atoms with Crippen LogP contribution in [0.3, 0.4) is 0 Å². The third kappa shape index (κ3) is 6.31. The highest BCUT2D eigenvalue weighted by atomic mass is 35.5. The van der Waals surface area contributed by atoms with Gasteiger partial charge in [0, 0.05) is 17.0 Å². The van der Waals surface area contributed by atoms with Gasteiger partial charge in [-0.2, -0.15) is 0 Å². The Balaban J connectivity index is 1.60. The third-order valence-electron chi connectivity index (χ3n) is 5.38. The number of halogens is 1. The van der Waals surface area contributed by atoms with E-state index < -0.39 is 0 Å². The maximum absolute atomic E-state index is 12.8. The van der Waals surface area contributed by atoms with Gasteiger partial charge in [0.05, 0.1) is 12.6 Å². The van der Waals surface area contributed by atoms with Crippen molar-refractivity contribution < 1.29 is 9.59 Å². The number of carbonyl (C=O) groups is 2. The second-order valence-corrected chi connectivity index (χ2v) is 8.62. The normalized spacial score (nSPS) is 16.3. The summed E-state index contributed by atoms with van der Waals surface area (Å²) in [6.45, 7) is 5.76. The quantitative estimate of drug-likeness (QED) is 0.706. The van der Waals surface area contributed by atoms with E-state index in [0.717, 1.165) is 37.1 Å². The molecule has 2 aromatic carbocycles. The van der Waals surface area contributed by atoms with Gasteiger partial charge in [0.15, 0.2) is 0 Å². The summed E-state index contributed by atoms with van der Waals surface area (Å²) in [7, 11) is 0. The minimum Gasteiger partial charge on any atom is -0.354 e. The van der Waals surface area contributed by atoms with E-state index in [1.807, 2.05) is 68.4 Å². The van der Waals surface area contributed by atoms with Crippen molar-refractivity contribution in [2.24, 2.45) is 5.92 Å². The fourth-order valence-corrected chi connectivity index (χ4v) is 4.05. The monoisotopic (exact) mass is 427 g/mol. The van der Waals surface area contributed by atoms with Crippen LogP contribution in [0.2, 0.25) is 5.02 Å². The maximum Gasteiger partial charge on any atom is 0.234 e. The van der Waals surface area contributed by atoms with Gasteiger partial charge < -0.3 is 10.6 Å². The summed E-state index contributed by atoms with van der Waals surface area (Å²) in [5, 5.41) is 6.80. The van der Waals surface area contributed by atoms with Gasteiger partial charge in [-0.25, -0.2) is 0 Å². The second-order valence-electron chi connectivity index (χ2n) is 8.18. The molecule has 0 spiro atoms. The van der Waals surface area contributed by atoms with Gasteiger partial charge in [0.2, 0.25) is 11.8 Å². The van der Waals surface area contributed by atoms with Crippen LogP contribution in [-0.2, 0) is 9.59 Å². The summed E-state index contributed by atoms with van der Waals surface area (Å²) in [4.78, 5) is 27.2. The van der Waals surface area contributed by atoms with Crippen molar-refractivity contribution in [3.8, 4) is 0 Å². The van der Waals surface area contributed by atoms with E-state index in [1.54, 1.807) is 0 Å². The second kappa shape index (κ2) is 10.6. The first-order chi connectivity index (χ1) is 14.4. The highest BCUT2D eigenvalue weighted by Gasteiger charge is 2.27. The lowest BCUT2D eigenvalue weighted by Crippen LogP contribution is -2.45. The van der Waals surface area contributed by atoms with Crippen LogP contribution in [0.4, 0.5) is 0 Å². The molecule has 0 aromatic heterocycles. The number of amides is 2. The molecule has 0 radical (unpaired) electrons. The number of nitrogens with zero attached hydrogens (tertiary/aromatic N) is 1. The summed E-state index contributed by atoms with van der Waals surface area (Å²) in [6, 6.07) is 17.4. The van der Waals surface area contributed by atoms with Crippen molar-refractivity contribution in [1.82, 2.24) is 15.5 Å². The number of carbonyl (C=O) groups excluding carboxylic acids is 2. The van der Waals surface area contributed by atoms with Gasteiger partial charge in [-0.05, 0) is 63.0 Å². The van der Waals surface area contributed by atoms with Crippen molar-refractivity contribution >= 4 is 23.4 Å². The molecule has 2 N–H and O–H groups in total. The molecule has 1 fully saturated rings. The van der Waals surface area contributed by atoms with E-state index in [1.165, 1.54) is 0 Å². The lowest BCUT2D eigenvalue weighted by Gasteiger charge is -2.31. The molecule has 1 aliphatic heterocycles. The molecule has 0 saturated carbocycles. The van der Waals surface area contributed by atoms with E-state index >= 15 is 0 Å². The molecule has 1 heterocycles. The number of rotatable bonds is 7. The van der Waals surface area contributed by atoms with Gasteiger partial charge in [0.1, 0.15) is 0 Å². The molecule has 1 saturated heterocycles. The maximum atomic E-state index is 12.8. The molecule has 5 nitrogen and oxygen atoms in total. The summed E-state index contributed by atoms with van der Waals surface area (Å²) < 4.78 is 0. The summed E-state index contributed by atoms with van der Waals surface area (Å²) in [6.07, 6.45) is 1.56. The van der Waals surface area contributed by atoms with Crippen LogP contribution in [0.5, 0.6) is 0 Å². The number of piperidine rings is 1. The molecule has 1 aliphatic rings. The van der Waals surface area contributed by atoms with Crippen LogP contribution in [-0.4, -0.2) is 42.4 Å². The minimum atomic E-state index is -0.258. The first-order valence-corrected chi connectivity index (χ1v) is 10.9. The molecule has 6 heteroatoms. The number of hydrogen-bond acceptors (Lipinski definition) is 3. The van der Waals surface area contributed by atoms with Crippen LogP contribution in [0.25, 0.3) is 0 Å². The minimum absolute atomic E-state index is 0.0334. The van der Waals surface area contributed by atoms with Gasteiger partial charge in [-0.15, -0.1) is 0 Å². The molecule has 0 bridgehead atoms. The molecular formula is C24H30ClN3O2. The Morgan fingerprint density at radius 3 is 2.30 bits per heavy atom. The number of hydrogen-bond donors (Lipinski definition) is 2. The Bertz CT molecular complexity index is 849. The zero-order valence-corrected chi connectivity index (χ0v) is 18.4. The molecule has 1 atom stereocenters. The molecular weight excluding hydrogens is 398 g/mol. The number of benzene rings is 2. The predicted octanol–water partition coefficient (Wildman–Crippen LogP) is 3.78. The van der Waals surface area contributed by atoms with Crippen LogP contribution in [0.15, 0.2) is 54.6 Å². The van der Waals surface area contributed by atoms with Crippen molar-refractivity contribution in [3.05, 3.63) is 70.7 Å². The Labute approximate surface area is 183 Å². The van der Waals surface area contributed by atoms with E-state index in [4.69, 9.17) is 11.6 Å². The van der Waals surface area contributed by atoms with Crippen molar-refractivity contribution in [3.63, 3.8) is 0 Å². The van der Waals surface area contributed by atoms with E-state index in [-0.39, 0.29) is 29.8 Å². The van der Waals surface area contributed by atoms with Crippen LogP contribution in [0.1, 0.15) is 43.9 Å². The average Bonchev–Trinajstić information content (AvgIpc) is 2.72. The molecule has 2 aromatic rings. The fourth-order valence-electron chi connectivity index (χ4n) is 3.86. The van der Waals surface area contributed by atoms with Crippen LogP contribution >= 0.6 is 11.6 Å². The number of likely N-dealkylation sites (tertiary alicyclic amines) is 1. The molecule has 0 aliphatic carbocycles. The molecule has 30 heavy (non-hydrogen) atoms. The lowest BCUT2D eigenvalue weighted by atomic mass is 9.95.